The number of rotatable bonds is 4. The second-order valence-corrected chi connectivity index (χ2v) is 6.59. The lowest BCUT2D eigenvalue weighted by Crippen LogP contribution is -2.32. The second-order valence-electron chi connectivity index (χ2n) is 6.59. The van der Waals surface area contributed by atoms with Crippen LogP contribution in [0.1, 0.15) is 30.3 Å². The molecule has 3 heterocycles. The highest BCUT2D eigenvalue weighted by atomic mass is 16.5. The molecule has 1 aliphatic rings. The van der Waals surface area contributed by atoms with Crippen molar-refractivity contribution in [2.45, 2.75) is 25.8 Å². The fourth-order valence-electron chi connectivity index (χ4n) is 3.43. The van der Waals surface area contributed by atoms with Crippen LogP contribution >= 0.6 is 0 Å². The number of piperidine rings is 1. The molecular formula is C19H24N6O. The number of nitriles is 1. The van der Waals surface area contributed by atoms with E-state index in [1.165, 1.54) is 6.20 Å². The van der Waals surface area contributed by atoms with Crippen molar-refractivity contribution in [2.75, 3.05) is 27.2 Å². The van der Waals surface area contributed by atoms with Crippen molar-refractivity contribution in [2.24, 2.45) is 5.73 Å². The molecule has 0 aliphatic carbocycles. The molecule has 0 amide bonds. The van der Waals surface area contributed by atoms with Crippen LogP contribution in [0.4, 0.5) is 0 Å². The Morgan fingerprint density at radius 1 is 1.38 bits per heavy atom. The first-order chi connectivity index (χ1) is 12.6. The Morgan fingerprint density at radius 2 is 2.12 bits per heavy atom. The number of methoxy groups -OCH3 is 1. The van der Waals surface area contributed by atoms with Gasteiger partial charge in [-0.05, 0) is 46.0 Å². The summed E-state index contributed by atoms with van der Waals surface area (Å²) in [5, 5.41) is 13.8. The number of likely N-dealkylation sites (tertiary alicyclic amines) is 1. The quantitative estimate of drug-likeness (QED) is 0.849. The maximum Gasteiger partial charge on any atom is 0.146 e. The summed E-state index contributed by atoms with van der Waals surface area (Å²) in [7, 11) is 3.72. The maximum absolute atomic E-state index is 9.19. The van der Waals surface area contributed by atoms with Gasteiger partial charge in [0.1, 0.15) is 17.5 Å². The molecule has 2 aromatic heterocycles. The minimum Gasteiger partial charge on any atom is -0.494 e. The van der Waals surface area contributed by atoms with Crippen molar-refractivity contribution in [3.63, 3.8) is 0 Å². The van der Waals surface area contributed by atoms with Crippen LogP contribution in [0.15, 0.2) is 24.7 Å². The molecule has 7 heteroatoms. The van der Waals surface area contributed by atoms with E-state index in [4.69, 9.17) is 10.5 Å². The Bertz CT molecular complexity index is 855. The number of allylic oxidation sites excluding steroid dienone is 1. The Labute approximate surface area is 153 Å². The van der Waals surface area contributed by atoms with Crippen molar-refractivity contribution < 1.29 is 4.74 Å². The van der Waals surface area contributed by atoms with Crippen molar-refractivity contribution >= 4 is 5.57 Å². The molecule has 1 fully saturated rings. The van der Waals surface area contributed by atoms with Gasteiger partial charge in [-0.3, -0.25) is 9.67 Å². The molecule has 2 N–H and O–H groups in total. The van der Waals surface area contributed by atoms with E-state index in [2.05, 4.69) is 33.6 Å². The fourth-order valence-corrected chi connectivity index (χ4v) is 3.43. The summed E-state index contributed by atoms with van der Waals surface area (Å²) in [6.45, 7) is 4.26. The zero-order valence-electron chi connectivity index (χ0n) is 15.4. The molecular weight excluding hydrogens is 328 g/mol. The van der Waals surface area contributed by atoms with Crippen LogP contribution in [0.5, 0.6) is 5.75 Å². The number of hydrogen-bond donors (Lipinski definition) is 1. The molecule has 7 nitrogen and oxygen atoms in total. The largest absolute Gasteiger partial charge is 0.494 e. The monoisotopic (exact) mass is 352 g/mol. The number of aromatic nitrogens is 3. The van der Waals surface area contributed by atoms with Crippen LogP contribution in [0.2, 0.25) is 0 Å². The molecule has 0 aromatic carbocycles. The van der Waals surface area contributed by atoms with Gasteiger partial charge in [-0.15, -0.1) is 0 Å². The van der Waals surface area contributed by atoms with Gasteiger partial charge in [0.2, 0.25) is 0 Å². The Balaban J connectivity index is 1.94. The first-order valence-electron chi connectivity index (χ1n) is 8.68. The topological polar surface area (TPSA) is 93.0 Å². The summed E-state index contributed by atoms with van der Waals surface area (Å²) < 4.78 is 7.55. The molecule has 0 bridgehead atoms. The van der Waals surface area contributed by atoms with E-state index in [1.807, 2.05) is 18.3 Å². The smallest absolute Gasteiger partial charge is 0.146 e. The normalized spacial score (nSPS) is 16.5. The van der Waals surface area contributed by atoms with E-state index in [0.717, 1.165) is 42.8 Å². The third-order valence-corrected chi connectivity index (χ3v) is 5.00. The van der Waals surface area contributed by atoms with E-state index < -0.39 is 0 Å². The summed E-state index contributed by atoms with van der Waals surface area (Å²) >= 11 is 0. The Morgan fingerprint density at radius 3 is 2.73 bits per heavy atom. The molecule has 136 valence electrons. The molecule has 0 unspecified atom stereocenters. The second kappa shape index (κ2) is 7.58. The number of hydrogen-bond acceptors (Lipinski definition) is 6. The van der Waals surface area contributed by atoms with E-state index in [9.17, 15) is 5.26 Å². The molecule has 2 aromatic rings. The summed E-state index contributed by atoms with van der Waals surface area (Å²) in [6, 6.07) is 4.35. The molecule has 3 rings (SSSR count). The summed E-state index contributed by atoms with van der Waals surface area (Å²) in [6.07, 6.45) is 7.07. The third-order valence-electron chi connectivity index (χ3n) is 5.00. The zero-order chi connectivity index (χ0) is 18.7. The van der Waals surface area contributed by atoms with Gasteiger partial charge < -0.3 is 15.4 Å². The number of pyridine rings is 1. The van der Waals surface area contributed by atoms with Gasteiger partial charge in [0, 0.05) is 29.2 Å². The number of ether oxygens (including phenoxy) is 1. The lowest BCUT2D eigenvalue weighted by atomic mass is 10.0. The average Bonchev–Trinajstić information content (AvgIpc) is 3.05. The Kier molecular flexibility index (Phi) is 5.24. The average molecular weight is 352 g/mol. The highest BCUT2D eigenvalue weighted by Crippen LogP contribution is 2.32. The van der Waals surface area contributed by atoms with Crippen LogP contribution in [-0.2, 0) is 0 Å². The fraction of sp³-hybridized carbons (Fsp3) is 0.421. The molecule has 1 saturated heterocycles. The van der Waals surface area contributed by atoms with Gasteiger partial charge >= 0.3 is 0 Å². The standard InChI is InChI=1S/C19H24N6O/c1-13-17(12-23-25(13)16-4-6-24(2)7-5-16)14-8-18(26-3)19(22-11-14)15(9-20)10-21/h8-9,11-12,16H,4-7,20H2,1-3H3/b15-9-. The zero-order valence-corrected chi connectivity index (χ0v) is 15.4. The lowest BCUT2D eigenvalue weighted by Gasteiger charge is -2.29. The van der Waals surface area contributed by atoms with Crippen molar-refractivity contribution in [3.8, 4) is 22.9 Å². The molecule has 0 saturated carbocycles. The van der Waals surface area contributed by atoms with Crippen LogP contribution < -0.4 is 10.5 Å². The van der Waals surface area contributed by atoms with E-state index in [-0.39, 0.29) is 5.57 Å². The van der Waals surface area contributed by atoms with Crippen LogP contribution in [0.3, 0.4) is 0 Å². The molecule has 26 heavy (non-hydrogen) atoms. The van der Waals surface area contributed by atoms with Crippen molar-refractivity contribution in [1.29, 1.82) is 5.26 Å². The first-order valence-corrected chi connectivity index (χ1v) is 8.68. The minimum atomic E-state index is 0.284. The van der Waals surface area contributed by atoms with Crippen molar-refractivity contribution in [1.82, 2.24) is 19.7 Å². The lowest BCUT2D eigenvalue weighted by molar-refractivity contribution is 0.210. The van der Waals surface area contributed by atoms with Gasteiger partial charge in [0.05, 0.1) is 24.9 Å². The SMILES string of the molecule is COc1cc(-c2cnn(C3CCN(C)CC3)c2C)cnc1/C(C#N)=C\N. The van der Waals surface area contributed by atoms with Gasteiger partial charge in [-0.2, -0.15) is 10.4 Å². The van der Waals surface area contributed by atoms with Crippen LogP contribution in [-0.4, -0.2) is 46.9 Å². The summed E-state index contributed by atoms with van der Waals surface area (Å²) in [5.74, 6) is 0.521. The third kappa shape index (κ3) is 3.28. The van der Waals surface area contributed by atoms with Gasteiger partial charge in [-0.1, -0.05) is 0 Å². The van der Waals surface area contributed by atoms with E-state index in [0.29, 0.717) is 17.5 Å². The van der Waals surface area contributed by atoms with Gasteiger partial charge in [0.15, 0.2) is 0 Å². The first kappa shape index (κ1) is 18.0. The molecule has 1 aliphatic heterocycles. The Hall–Kier alpha value is -2.85. The minimum absolute atomic E-state index is 0.284. The maximum atomic E-state index is 9.19. The molecule has 0 spiro atoms. The molecule has 0 radical (unpaired) electrons. The highest BCUT2D eigenvalue weighted by Gasteiger charge is 2.22. The summed E-state index contributed by atoms with van der Waals surface area (Å²) in [4.78, 5) is 6.75. The van der Waals surface area contributed by atoms with Gasteiger partial charge in [-0.25, -0.2) is 0 Å². The van der Waals surface area contributed by atoms with Gasteiger partial charge in [0.25, 0.3) is 0 Å². The summed E-state index contributed by atoms with van der Waals surface area (Å²) in [5.41, 5.74) is 9.30. The van der Waals surface area contributed by atoms with Crippen LogP contribution in [0.25, 0.3) is 16.7 Å². The van der Waals surface area contributed by atoms with Crippen molar-refractivity contribution in [3.05, 3.63) is 36.0 Å². The molecule has 0 atom stereocenters. The van der Waals surface area contributed by atoms with E-state index in [1.54, 1.807) is 13.3 Å². The number of nitrogens with zero attached hydrogens (tertiary/aromatic N) is 5. The highest BCUT2D eigenvalue weighted by molar-refractivity contribution is 5.79. The number of nitrogens with two attached hydrogens (primary N) is 1. The van der Waals surface area contributed by atoms with Crippen LogP contribution in [0, 0.1) is 18.3 Å². The van der Waals surface area contributed by atoms with E-state index >= 15 is 0 Å². The predicted octanol–water partition coefficient (Wildman–Crippen LogP) is 2.35. The predicted molar refractivity (Wildman–Crippen MR) is 100 cm³/mol.